The topological polar surface area (TPSA) is 84.9 Å². The molecule has 2 N–H and O–H groups in total. The van der Waals surface area contributed by atoms with Crippen LogP contribution in [0.5, 0.6) is 11.5 Å². The molecule has 0 heterocycles. The third-order valence-corrected chi connectivity index (χ3v) is 3.72. The zero-order valence-electron chi connectivity index (χ0n) is 15.2. The van der Waals surface area contributed by atoms with Gasteiger partial charge in [0, 0.05) is 11.6 Å². The molecule has 0 spiro atoms. The quantitative estimate of drug-likeness (QED) is 0.704. The van der Waals surface area contributed by atoms with Crippen LogP contribution in [0, 0.1) is 5.82 Å². The van der Waals surface area contributed by atoms with Gasteiger partial charge in [-0.05, 0) is 50.1 Å². The Morgan fingerprint density at radius 3 is 2.56 bits per heavy atom. The Bertz CT molecular complexity index is 809. The normalized spacial score (nSPS) is 11.5. The predicted octanol–water partition coefficient (Wildman–Crippen LogP) is 3.05. The Morgan fingerprint density at radius 2 is 1.89 bits per heavy atom. The van der Waals surface area contributed by atoms with Gasteiger partial charge < -0.3 is 19.9 Å². The first-order valence-electron chi connectivity index (χ1n) is 8.56. The smallest absolute Gasteiger partial charge is 0.341 e. The van der Waals surface area contributed by atoms with Crippen molar-refractivity contribution in [3.05, 3.63) is 59.4 Å². The third-order valence-electron chi connectivity index (χ3n) is 3.72. The second-order valence-electron chi connectivity index (χ2n) is 5.95. The van der Waals surface area contributed by atoms with E-state index in [2.05, 4.69) is 5.32 Å². The monoisotopic (exact) mass is 375 g/mol. The van der Waals surface area contributed by atoms with Crippen LogP contribution in [-0.4, -0.2) is 36.2 Å². The molecule has 7 heteroatoms. The minimum Gasteiger partial charge on any atom is -0.490 e. The van der Waals surface area contributed by atoms with Gasteiger partial charge >= 0.3 is 5.97 Å². The van der Waals surface area contributed by atoms with Crippen LogP contribution in [0.3, 0.4) is 0 Å². The summed E-state index contributed by atoms with van der Waals surface area (Å²) in [5.74, 6) is -1.23. The van der Waals surface area contributed by atoms with E-state index in [9.17, 15) is 14.0 Å². The molecule has 144 valence electrons. The van der Waals surface area contributed by atoms with E-state index in [1.54, 1.807) is 32.0 Å². The van der Waals surface area contributed by atoms with E-state index in [4.69, 9.17) is 14.6 Å². The second kappa shape index (κ2) is 9.56. The SMILES string of the molecule is CCOc1cc(C(=O)NC(C)Cc2ccccc2F)ccc1OCC(=O)O. The minimum absolute atomic E-state index is 0.246. The van der Waals surface area contributed by atoms with E-state index in [1.807, 2.05) is 0 Å². The van der Waals surface area contributed by atoms with Crippen molar-refractivity contribution in [3.8, 4) is 11.5 Å². The van der Waals surface area contributed by atoms with E-state index in [0.717, 1.165) is 0 Å². The van der Waals surface area contributed by atoms with Gasteiger partial charge in [-0.1, -0.05) is 18.2 Å². The Hall–Kier alpha value is -3.09. The summed E-state index contributed by atoms with van der Waals surface area (Å²) < 4.78 is 24.3. The van der Waals surface area contributed by atoms with Gasteiger partial charge in [-0.15, -0.1) is 0 Å². The van der Waals surface area contributed by atoms with Crippen LogP contribution in [0.15, 0.2) is 42.5 Å². The van der Waals surface area contributed by atoms with Gasteiger partial charge in [-0.25, -0.2) is 9.18 Å². The Kier molecular flexibility index (Phi) is 7.16. The molecule has 0 bridgehead atoms. The number of amides is 1. The molecule has 0 aliphatic heterocycles. The number of hydrogen-bond donors (Lipinski definition) is 2. The molecule has 1 amide bonds. The molecule has 2 aromatic carbocycles. The van der Waals surface area contributed by atoms with Crippen LogP contribution in [0.2, 0.25) is 0 Å². The van der Waals surface area contributed by atoms with E-state index >= 15 is 0 Å². The lowest BCUT2D eigenvalue weighted by Gasteiger charge is -2.16. The summed E-state index contributed by atoms with van der Waals surface area (Å²) in [6, 6.07) is 10.6. The molecule has 0 radical (unpaired) electrons. The number of benzene rings is 2. The van der Waals surface area contributed by atoms with Crippen LogP contribution < -0.4 is 14.8 Å². The van der Waals surface area contributed by atoms with Gasteiger partial charge in [0.1, 0.15) is 5.82 Å². The number of halogens is 1. The van der Waals surface area contributed by atoms with E-state index < -0.39 is 12.6 Å². The van der Waals surface area contributed by atoms with Gasteiger partial charge in [-0.2, -0.15) is 0 Å². The predicted molar refractivity (Wildman–Crippen MR) is 97.8 cm³/mol. The summed E-state index contributed by atoms with van der Waals surface area (Å²) in [5.41, 5.74) is 0.860. The number of carboxylic acid groups (broad SMARTS) is 1. The number of rotatable bonds is 9. The highest BCUT2D eigenvalue weighted by molar-refractivity contribution is 5.95. The van der Waals surface area contributed by atoms with Crippen molar-refractivity contribution < 1.29 is 28.6 Å². The first kappa shape index (κ1) is 20.2. The molecule has 0 fully saturated rings. The first-order valence-corrected chi connectivity index (χ1v) is 8.56. The molecular weight excluding hydrogens is 353 g/mol. The van der Waals surface area contributed by atoms with Gasteiger partial charge in [0.25, 0.3) is 5.91 Å². The van der Waals surface area contributed by atoms with Crippen LogP contribution in [0.1, 0.15) is 29.8 Å². The van der Waals surface area contributed by atoms with Gasteiger partial charge in [0.05, 0.1) is 6.61 Å². The van der Waals surface area contributed by atoms with Crippen molar-refractivity contribution >= 4 is 11.9 Å². The largest absolute Gasteiger partial charge is 0.490 e. The molecule has 0 aliphatic carbocycles. The molecule has 0 saturated heterocycles. The summed E-state index contributed by atoms with van der Waals surface area (Å²) in [7, 11) is 0. The lowest BCUT2D eigenvalue weighted by Crippen LogP contribution is -2.34. The molecule has 27 heavy (non-hydrogen) atoms. The average molecular weight is 375 g/mol. The standard InChI is InChI=1S/C20H22FNO5/c1-3-26-18-11-15(8-9-17(18)27-12-19(23)24)20(25)22-13(2)10-14-6-4-5-7-16(14)21/h4-9,11,13H,3,10,12H2,1-2H3,(H,22,25)(H,23,24). The number of hydrogen-bond acceptors (Lipinski definition) is 4. The molecule has 1 unspecified atom stereocenters. The zero-order chi connectivity index (χ0) is 19.8. The van der Waals surface area contributed by atoms with Crippen molar-refractivity contribution in [1.82, 2.24) is 5.32 Å². The maximum Gasteiger partial charge on any atom is 0.341 e. The second-order valence-corrected chi connectivity index (χ2v) is 5.95. The Labute approximate surface area is 156 Å². The maximum absolute atomic E-state index is 13.7. The molecule has 0 aromatic heterocycles. The molecule has 2 aromatic rings. The minimum atomic E-state index is -1.11. The number of carboxylic acids is 1. The van der Waals surface area contributed by atoms with Crippen LogP contribution >= 0.6 is 0 Å². The molecule has 0 aliphatic rings. The maximum atomic E-state index is 13.7. The lowest BCUT2D eigenvalue weighted by molar-refractivity contribution is -0.139. The zero-order valence-corrected chi connectivity index (χ0v) is 15.2. The van der Waals surface area contributed by atoms with Gasteiger partial charge in [-0.3, -0.25) is 4.79 Å². The van der Waals surface area contributed by atoms with Crippen molar-refractivity contribution in [2.24, 2.45) is 0 Å². The number of carbonyl (C=O) groups is 2. The third kappa shape index (κ3) is 5.99. The van der Waals surface area contributed by atoms with Crippen LogP contribution in [0.25, 0.3) is 0 Å². The molecule has 2 rings (SSSR count). The fraction of sp³-hybridized carbons (Fsp3) is 0.300. The Morgan fingerprint density at radius 1 is 1.15 bits per heavy atom. The summed E-state index contributed by atoms with van der Waals surface area (Å²) >= 11 is 0. The van der Waals surface area contributed by atoms with Gasteiger partial charge in [0.15, 0.2) is 18.1 Å². The fourth-order valence-corrected chi connectivity index (χ4v) is 2.53. The summed E-state index contributed by atoms with van der Waals surface area (Å²) in [4.78, 5) is 23.1. The molecule has 6 nitrogen and oxygen atoms in total. The van der Waals surface area contributed by atoms with E-state index in [0.29, 0.717) is 24.2 Å². The number of carbonyl (C=O) groups excluding carboxylic acids is 1. The molecular formula is C20H22FNO5. The van der Waals surface area contributed by atoms with Crippen molar-refractivity contribution in [1.29, 1.82) is 0 Å². The number of nitrogens with one attached hydrogen (secondary N) is 1. The van der Waals surface area contributed by atoms with Gasteiger partial charge in [0.2, 0.25) is 0 Å². The molecule has 0 saturated carbocycles. The summed E-state index contributed by atoms with van der Waals surface area (Å²) in [6.45, 7) is 3.38. The van der Waals surface area contributed by atoms with Crippen molar-refractivity contribution in [2.75, 3.05) is 13.2 Å². The molecule has 1 atom stereocenters. The lowest BCUT2D eigenvalue weighted by atomic mass is 10.1. The summed E-state index contributed by atoms with van der Waals surface area (Å²) in [5, 5.41) is 11.5. The van der Waals surface area contributed by atoms with Crippen LogP contribution in [-0.2, 0) is 11.2 Å². The summed E-state index contributed by atoms with van der Waals surface area (Å²) in [6.07, 6.45) is 0.358. The average Bonchev–Trinajstić information content (AvgIpc) is 2.62. The van der Waals surface area contributed by atoms with E-state index in [-0.39, 0.29) is 29.3 Å². The van der Waals surface area contributed by atoms with Crippen molar-refractivity contribution in [2.45, 2.75) is 26.3 Å². The fourth-order valence-electron chi connectivity index (χ4n) is 2.53. The van der Waals surface area contributed by atoms with E-state index in [1.165, 1.54) is 24.3 Å². The Balaban J connectivity index is 2.07. The first-order chi connectivity index (χ1) is 12.9. The highest BCUT2D eigenvalue weighted by Crippen LogP contribution is 2.28. The van der Waals surface area contributed by atoms with Crippen molar-refractivity contribution in [3.63, 3.8) is 0 Å². The number of aliphatic carboxylic acids is 1. The number of ether oxygens (including phenoxy) is 2. The highest BCUT2D eigenvalue weighted by atomic mass is 19.1. The highest BCUT2D eigenvalue weighted by Gasteiger charge is 2.15. The van der Waals surface area contributed by atoms with Crippen LogP contribution in [0.4, 0.5) is 4.39 Å².